The van der Waals surface area contributed by atoms with Crippen molar-refractivity contribution in [1.82, 2.24) is 15.0 Å². The van der Waals surface area contributed by atoms with Crippen molar-refractivity contribution in [3.8, 4) is 5.88 Å². The van der Waals surface area contributed by atoms with Gasteiger partial charge < -0.3 is 15.5 Å². The van der Waals surface area contributed by atoms with Gasteiger partial charge in [-0.1, -0.05) is 6.07 Å². The summed E-state index contributed by atoms with van der Waals surface area (Å²) in [5.41, 5.74) is 4.48. The lowest BCUT2D eigenvalue weighted by molar-refractivity contribution is 0.397. The van der Waals surface area contributed by atoms with E-state index in [1.165, 1.54) is 0 Å². The maximum absolute atomic E-state index is 5.44. The number of hydrogen-bond acceptors (Lipinski definition) is 7. The Morgan fingerprint density at radius 3 is 2.55 bits per heavy atom. The molecule has 0 aliphatic carbocycles. The number of methoxy groups -OCH3 is 1. The lowest BCUT2D eigenvalue weighted by Gasteiger charge is -2.12. The minimum absolute atomic E-state index is 0.595. The normalized spacial score (nSPS) is 10.2. The summed E-state index contributed by atoms with van der Waals surface area (Å²) in [7, 11) is 1.59. The SMILES string of the molecule is COc1ccc(CNc2nc(C)nc(NN)c2C)cn1. The van der Waals surface area contributed by atoms with E-state index in [-0.39, 0.29) is 0 Å². The highest BCUT2D eigenvalue weighted by molar-refractivity contribution is 5.56. The Kier molecular flexibility index (Phi) is 4.31. The van der Waals surface area contributed by atoms with Crippen LogP contribution in [0.5, 0.6) is 5.88 Å². The van der Waals surface area contributed by atoms with E-state index < -0.39 is 0 Å². The molecule has 2 heterocycles. The van der Waals surface area contributed by atoms with Crippen molar-refractivity contribution in [2.24, 2.45) is 5.84 Å². The van der Waals surface area contributed by atoms with Crippen LogP contribution in [-0.2, 0) is 6.54 Å². The van der Waals surface area contributed by atoms with Crippen molar-refractivity contribution in [3.05, 3.63) is 35.3 Å². The molecule has 0 atom stereocenters. The van der Waals surface area contributed by atoms with Crippen LogP contribution < -0.4 is 21.3 Å². The van der Waals surface area contributed by atoms with Gasteiger partial charge in [0.1, 0.15) is 17.5 Å². The number of nitrogens with one attached hydrogen (secondary N) is 2. The van der Waals surface area contributed by atoms with Crippen LogP contribution in [0.2, 0.25) is 0 Å². The minimum atomic E-state index is 0.595. The van der Waals surface area contributed by atoms with Gasteiger partial charge in [-0.25, -0.2) is 20.8 Å². The van der Waals surface area contributed by atoms with Crippen molar-refractivity contribution in [2.75, 3.05) is 17.9 Å². The quantitative estimate of drug-likeness (QED) is 0.560. The molecule has 7 heteroatoms. The largest absolute Gasteiger partial charge is 0.481 e. The second kappa shape index (κ2) is 6.16. The predicted molar refractivity (Wildman–Crippen MR) is 77.4 cm³/mol. The summed E-state index contributed by atoms with van der Waals surface area (Å²) in [6, 6.07) is 3.77. The molecule has 0 saturated carbocycles. The van der Waals surface area contributed by atoms with E-state index in [4.69, 9.17) is 10.6 Å². The Balaban J connectivity index is 2.11. The van der Waals surface area contributed by atoms with Gasteiger partial charge in [0.25, 0.3) is 0 Å². The third kappa shape index (κ3) is 3.12. The summed E-state index contributed by atoms with van der Waals surface area (Å²) in [5.74, 6) is 8.05. The molecule has 0 spiro atoms. The van der Waals surface area contributed by atoms with Crippen molar-refractivity contribution in [3.63, 3.8) is 0 Å². The molecular weight excluding hydrogens is 256 g/mol. The lowest BCUT2D eigenvalue weighted by atomic mass is 10.2. The highest BCUT2D eigenvalue weighted by Crippen LogP contribution is 2.19. The second-order valence-electron chi connectivity index (χ2n) is 4.30. The molecule has 0 amide bonds. The number of hydrogen-bond donors (Lipinski definition) is 3. The molecule has 106 valence electrons. The van der Waals surface area contributed by atoms with Gasteiger partial charge in [-0.2, -0.15) is 0 Å². The first kappa shape index (κ1) is 14.0. The molecule has 2 aromatic heterocycles. The molecular formula is C13H18N6O. The number of nitrogens with two attached hydrogens (primary N) is 1. The van der Waals surface area contributed by atoms with Crippen molar-refractivity contribution in [1.29, 1.82) is 0 Å². The standard InChI is InChI=1S/C13H18N6O/c1-8-12(17-9(2)18-13(8)19-14)16-7-10-4-5-11(20-3)15-6-10/h4-6H,7,14H2,1-3H3,(H2,16,17,18,19). The van der Waals surface area contributed by atoms with Crippen molar-refractivity contribution in [2.45, 2.75) is 20.4 Å². The average Bonchev–Trinajstić information content (AvgIpc) is 2.48. The number of ether oxygens (including phenoxy) is 1. The van der Waals surface area contributed by atoms with Gasteiger partial charge in [0.15, 0.2) is 0 Å². The van der Waals surface area contributed by atoms with Crippen LogP contribution in [0, 0.1) is 13.8 Å². The first-order chi connectivity index (χ1) is 9.63. The summed E-state index contributed by atoms with van der Waals surface area (Å²) in [6.07, 6.45) is 1.76. The molecule has 0 fully saturated rings. The van der Waals surface area contributed by atoms with E-state index in [9.17, 15) is 0 Å². The van der Waals surface area contributed by atoms with Gasteiger partial charge in [0.05, 0.1) is 7.11 Å². The third-order valence-corrected chi connectivity index (χ3v) is 2.86. The third-order valence-electron chi connectivity index (χ3n) is 2.86. The van der Waals surface area contributed by atoms with Gasteiger partial charge in [-0.15, -0.1) is 0 Å². The van der Waals surface area contributed by atoms with Gasteiger partial charge in [0, 0.05) is 24.4 Å². The van der Waals surface area contributed by atoms with E-state index in [0.717, 1.165) is 16.9 Å². The van der Waals surface area contributed by atoms with Crippen LogP contribution in [0.1, 0.15) is 17.0 Å². The van der Waals surface area contributed by atoms with Crippen molar-refractivity contribution >= 4 is 11.6 Å². The Morgan fingerprint density at radius 1 is 1.20 bits per heavy atom. The van der Waals surface area contributed by atoms with Gasteiger partial charge >= 0.3 is 0 Å². The molecule has 20 heavy (non-hydrogen) atoms. The van der Waals surface area contributed by atoms with Crippen LogP contribution in [-0.4, -0.2) is 22.1 Å². The summed E-state index contributed by atoms with van der Waals surface area (Å²) >= 11 is 0. The molecule has 0 radical (unpaired) electrons. The molecule has 0 bridgehead atoms. The highest BCUT2D eigenvalue weighted by atomic mass is 16.5. The molecule has 0 unspecified atom stereocenters. The topological polar surface area (TPSA) is 98.0 Å². The van der Waals surface area contributed by atoms with E-state index >= 15 is 0 Å². The summed E-state index contributed by atoms with van der Waals surface area (Å²) in [4.78, 5) is 12.7. The number of nitrogen functional groups attached to an aromatic ring is 1. The smallest absolute Gasteiger partial charge is 0.212 e. The number of anilines is 2. The van der Waals surface area contributed by atoms with Crippen LogP contribution in [0.25, 0.3) is 0 Å². The Hall–Kier alpha value is -2.41. The number of aryl methyl sites for hydroxylation is 1. The molecule has 7 nitrogen and oxygen atoms in total. The Morgan fingerprint density at radius 2 is 1.95 bits per heavy atom. The minimum Gasteiger partial charge on any atom is -0.481 e. The average molecular weight is 274 g/mol. The van der Waals surface area contributed by atoms with E-state index in [1.54, 1.807) is 13.3 Å². The number of hydrazine groups is 1. The van der Waals surface area contributed by atoms with E-state index in [2.05, 4.69) is 25.7 Å². The van der Waals surface area contributed by atoms with Crippen LogP contribution >= 0.6 is 0 Å². The van der Waals surface area contributed by atoms with Crippen LogP contribution in [0.3, 0.4) is 0 Å². The van der Waals surface area contributed by atoms with Crippen molar-refractivity contribution < 1.29 is 4.74 Å². The van der Waals surface area contributed by atoms with Crippen LogP contribution in [0.15, 0.2) is 18.3 Å². The van der Waals surface area contributed by atoms with E-state index in [0.29, 0.717) is 24.1 Å². The molecule has 2 aromatic rings. The second-order valence-corrected chi connectivity index (χ2v) is 4.30. The maximum Gasteiger partial charge on any atom is 0.212 e. The Labute approximate surface area is 117 Å². The molecule has 2 rings (SSSR count). The number of aromatic nitrogens is 3. The summed E-state index contributed by atoms with van der Waals surface area (Å²) in [5, 5.41) is 3.25. The predicted octanol–water partition coefficient (Wildman–Crippen LogP) is 1.39. The van der Waals surface area contributed by atoms with Crippen LogP contribution in [0.4, 0.5) is 11.6 Å². The molecule has 0 aliphatic heterocycles. The molecule has 0 aliphatic rings. The zero-order chi connectivity index (χ0) is 14.5. The summed E-state index contributed by atoms with van der Waals surface area (Å²) < 4.78 is 5.02. The summed E-state index contributed by atoms with van der Waals surface area (Å²) in [6.45, 7) is 4.34. The zero-order valence-electron chi connectivity index (χ0n) is 11.8. The fourth-order valence-corrected chi connectivity index (χ4v) is 1.76. The molecule has 0 saturated heterocycles. The Bertz CT molecular complexity index is 584. The lowest BCUT2D eigenvalue weighted by Crippen LogP contribution is -2.14. The maximum atomic E-state index is 5.44. The number of pyridine rings is 1. The molecule has 4 N–H and O–H groups in total. The fourth-order valence-electron chi connectivity index (χ4n) is 1.76. The first-order valence-corrected chi connectivity index (χ1v) is 6.18. The van der Waals surface area contributed by atoms with Gasteiger partial charge in [-0.05, 0) is 19.4 Å². The zero-order valence-corrected chi connectivity index (χ0v) is 11.8. The molecule has 0 aromatic carbocycles. The highest BCUT2D eigenvalue weighted by Gasteiger charge is 2.08. The number of nitrogens with zero attached hydrogens (tertiary/aromatic N) is 3. The van der Waals surface area contributed by atoms with Gasteiger partial charge in [-0.3, -0.25) is 0 Å². The fraction of sp³-hybridized carbons (Fsp3) is 0.308. The first-order valence-electron chi connectivity index (χ1n) is 6.18. The monoisotopic (exact) mass is 274 g/mol. The number of rotatable bonds is 5. The van der Waals surface area contributed by atoms with Gasteiger partial charge in [0.2, 0.25) is 5.88 Å². The van der Waals surface area contributed by atoms with E-state index in [1.807, 2.05) is 26.0 Å².